The highest BCUT2D eigenvalue weighted by Crippen LogP contribution is 2.14. The molecule has 0 spiro atoms. The van der Waals surface area contributed by atoms with E-state index in [-0.39, 0.29) is 11.5 Å². The molecular formula is C15H14N6O4. The van der Waals surface area contributed by atoms with Crippen LogP contribution in [0.2, 0.25) is 0 Å². The first-order valence-corrected chi connectivity index (χ1v) is 7.31. The summed E-state index contributed by atoms with van der Waals surface area (Å²) in [6, 6.07) is 4.86. The fraction of sp³-hybridized carbons (Fsp3) is 0.267. The summed E-state index contributed by atoms with van der Waals surface area (Å²) < 4.78 is 1.74. The van der Waals surface area contributed by atoms with E-state index in [0.29, 0.717) is 5.69 Å². The number of hydrogen-bond donors (Lipinski definition) is 0. The Morgan fingerprint density at radius 3 is 2.48 bits per heavy atom. The molecule has 1 unspecified atom stereocenters. The van der Waals surface area contributed by atoms with Crippen molar-refractivity contribution < 1.29 is 9.59 Å². The molecule has 0 radical (unpaired) electrons. The number of Topliss-reactive ketones (excluding diaryl/α,β-unsaturated/α-hetero) is 1. The Hall–Kier alpha value is -3.43. The first-order valence-electron chi connectivity index (χ1n) is 7.31. The van der Waals surface area contributed by atoms with Crippen molar-refractivity contribution in [1.29, 1.82) is 0 Å². The number of rotatable bonds is 2. The van der Waals surface area contributed by atoms with Gasteiger partial charge in [-0.2, -0.15) is 10.2 Å². The molecule has 0 fully saturated rings. The van der Waals surface area contributed by atoms with E-state index >= 15 is 0 Å². The van der Waals surface area contributed by atoms with Crippen LogP contribution in [0.4, 0.5) is 0 Å². The minimum atomic E-state index is -1.25. The van der Waals surface area contributed by atoms with Gasteiger partial charge in [0.25, 0.3) is 5.56 Å². The molecule has 2 aromatic rings. The van der Waals surface area contributed by atoms with Gasteiger partial charge in [-0.05, 0) is 19.1 Å². The third-order valence-electron chi connectivity index (χ3n) is 3.72. The van der Waals surface area contributed by atoms with Gasteiger partial charge in [0.05, 0.1) is 0 Å². The van der Waals surface area contributed by atoms with Crippen LogP contribution in [0.1, 0.15) is 17.3 Å². The molecule has 10 heteroatoms. The van der Waals surface area contributed by atoms with Gasteiger partial charge in [-0.3, -0.25) is 14.4 Å². The van der Waals surface area contributed by atoms with Gasteiger partial charge < -0.3 is 0 Å². The maximum Gasteiger partial charge on any atom is 0.353 e. The molecule has 1 atom stereocenters. The third-order valence-corrected chi connectivity index (χ3v) is 3.72. The van der Waals surface area contributed by atoms with E-state index in [0.717, 1.165) is 20.5 Å². The lowest BCUT2D eigenvalue weighted by Crippen LogP contribution is -2.46. The van der Waals surface area contributed by atoms with Gasteiger partial charge in [-0.1, -0.05) is 6.07 Å². The lowest BCUT2D eigenvalue weighted by molar-refractivity contribution is -0.144. The van der Waals surface area contributed by atoms with Crippen molar-refractivity contribution in [1.82, 2.24) is 24.3 Å². The smallest absolute Gasteiger partial charge is 0.287 e. The molecule has 10 nitrogen and oxygen atoms in total. The third kappa shape index (κ3) is 2.67. The molecule has 0 saturated heterocycles. The molecule has 0 bridgehead atoms. The molecule has 3 heterocycles. The number of likely N-dealkylation sites (N-methyl/N-ethyl adjacent to an activating group) is 1. The van der Waals surface area contributed by atoms with Crippen molar-refractivity contribution in [2.75, 3.05) is 7.05 Å². The van der Waals surface area contributed by atoms with Crippen LogP contribution >= 0.6 is 0 Å². The van der Waals surface area contributed by atoms with Crippen LogP contribution in [0, 0.1) is 6.92 Å². The number of carbonyl (C=O) groups excluding carboxylic acids is 2. The number of hydrazone groups is 1. The van der Waals surface area contributed by atoms with Crippen molar-refractivity contribution in [2.24, 2.45) is 12.1 Å². The molecule has 1 amide bonds. The van der Waals surface area contributed by atoms with Crippen LogP contribution in [0.5, 0.6) is 0 Å². The Kier molecular flexibility index (Phi) is 3.87. The highest BCUT2D eigenvalue weighted by atomic mass is 16.2. The molecule has 1 aliphatic heterocycles. The van der Waals surface area contributed by atoms with Gasteiger partial charge >= 0.3 is 11.6 Å². The van der Waals surface area contributed by atoms with Crippen molar-refractivity contribution in [3.8, 4) is 5.82 Å². The number of hydrogen-bond acceptors (Lipinski definition) is 7. The number of amides is 1. The molecule has 1 aliphatic rings. The SMILES string of the molecule is Cc1cccc(-n2c(=O)c(C3C=NN(C)C(=O)C3=O)nn(C)c2=O)n1. The summed E-state index contributed by atoms with van der Waals surface area (Å²) in [5, 5.41) is 8.53. The van der Waals surface area contributed by atoms with Gasteiger partial charge in [0.1, 0.15) is 17.4 Å². The van der Waals surface area contributed by atoms with Crippen molar-refractivity contribution in [3.63, 3.8) is 0 Å². The Morgan fingerprint density at radius 2 is 1.80 bits per heavy atom. The molecule has 0 N–H and O–H groups in total. The predicted molar refractivity (Wildman–Crippen MR) is 86.6 cm³/mol. The van der Waals surface area contributed by atoms with Crippen molar-refractivity contribution in [3.05, 3.63) is 50.4 Å². The summed E-state index contributed by atoms with van der Waals surface area (Å²) in [4.78, 5) is 53.4. The summed E-state index contributed by atoms with van der Waals surface area (Å²) in [7, 11) is 2.67. The highest BCUT2D eigenvalue weighted by molar-refractivity contribution is 6.42. The van der Waals surface area contributed by atoms with E-state index in [9.17, 15) is 19.2 Å². The molecule has 3 rings (SSSR count). The normalized spacial score (nSPS) is 17.2. The maximum absolute atomic E-state index is 12.8. The molecule has 128 valence electrons. The Balaban J connectivity index is 2.26. The maximum atomic E-state index is 12.8. The molecule has 0 saturated carbocycles. The Bertz CT molecular complexity index is 1040. The molecule has 0 aromatic carbocycles. The topological polar surface area (TPSA) is 120 Å². The van der Waals surface area contributed by atoms with Gasteiger partial charge in [-0.15, -0.1) is 0 Å². The van der Waals surface area contributed by atoms with E-state index in [1.54, 1.807) is 19.1 Å². The number of pyridine rings is 1. The average Bonchev–Trinajstić information content (AvgIpc) is 2.57. The second-order valence-electron chi connectivity index (χ2n) is 5.50. The van der Waals surface area contributed by atoms with Crippen LogP contribution in [0.25, 0.3) is 5.82 Å². The van der Waals surface area contributed by atoms with Gasteiger partial charge in [0, 0.05) is 26.0 Å². The number of aryl methyl sites for hydroxylation is 2. The largest absolute Gasteiger partial charge is 0.353 e. The van der Waals surface area contributed by atoms with Crippen molar-refractivity contribution >= 4 is 17.9 Å². The fourth-order valence-corrected chi connectivity index (χ4v) is 2.42. The van der Waals surface area contributed by atoms with Gasteiger partial charge in [0.15, 0.2) is 0 Å². The first-order chi connectivity index (χ1) is 11.8. The lowest BCUT2D eigenvalue weighted by atomic mass is 10.00. The van der Waals surface area contributed by atoms with E-state index in [1.165, 1.54) is 20.2 Å². The molecule has 2 aromatic heterocycles. The summed E-state index contributed by atoms with van der Waals surface area (Å²) in [6.07, 6.45) is 1.16. The van der Waals surface area contributed by atoms with E-state index in [2.05, 4.69) is 15.2 Å². The summed E-state index contributed by atoms with van der Waals surface area (Å²) in [5.41, 5.74) is -1.18. The lowest BCUT2D eigenvalue weighted by Gasteiger charge is -2.19. The number of carbonyl (C=O) groups is 2. The predicted octanol–water partition coefficient (Wildman–Crippen LogP) is -1.25. The number of ketones is 1. The van der Waals surface area contributed by atoms with Crippen LogP contribution in [-0.4, -0.2) is 49.3 Å². The van der Waals surface area contributed by atoms with Crippen LogP contribution in [-0.2, 0) is 16.6 Å². The number of aromatic nitrogens is 4. The first kappa shape index (κ1) is 16.4. The van der Waals surface area contributed by atoms with Crippen LogP contribution in [0.3, 0.4) is 0 Å². The van der Waals surface area contributed by atoms with E-state index in [1.807, 2.05) is 0 Å². The second-order valence-corrected chi connectivity index (χ2v) is 5.50. The summed E-state index contributed by atoms with van der Waals surface area (Å²) in [5.74, 6) is -2.84. The zero-order chi connectivity index (χ0) is 18.3. The molecule has 25 heavy (non-hydrogen) atoms. The summed E-state index contributed by atoms with van der Waals surface area (Å²) >= 11 is 0. The van der Waals surface area contributed by atoms with Crippen LogP contribution < -0.4 is 11.2 Å². The monoisotopic (exact) mass is 342 g/mol. The second kappa shape index (κ2) is 5.89. The fourth-order valence-electron chi connectivity index (χ4n) is 2.42. The molecular weight excluding hydrogens is 328 g/mol. The summed E-state index contributed by atoms with van der Waals surface area (Å²) in [6.45, 7) is 1.72. The standard InChI is InChI=1S/C15H14N6O4/c1-8-5-4-6-10(17-8)21-13(23)11(18-20(3)15(21)25)9-7-16-19(2)14(24)12(9)22/h4-7,9H,1-3H3. The molecule has 0 aliphatic carbocycles. The highest BCUT2D eigenvalue weighted by Gasteiger charge is 2.35. The minimum absolute atomic E-state index is 0.109. The minimum Gasteiger partial charge on any atom is -0.287 e. The van der Waals surface area contributed by atoms with Crippen molar-refractivity contribution in [2.45, 2.75) is 12.8 Å². The van der Waals surface area contributed by atoms with E-state index in [4.69, 9.17) is 0 Å². The quantitative estimate of drug-likeness (QED) is 0.629. The number of nitrogens with zero attached hydrogens (tertiary/aromatic N) is 6. The average molecular weight is 342 g/mol. The van der Waals surface area contributed by atoms with Gasteiger partial charge in [0.2, 0.25) is 5.78 Å². The van der Waals surface area contributed by atoms with Gasteiger partial charge in [-0.25, -0.2) is 24.0 Å². The van der Waals surface area contributed by atoms with Crippen LogP contribution in [0.15, 0.2) is 32.9 Å². The zero-order valence-corrected chi connectivity index (χ0v) is 13.7. The Labute approximate surface area is 141 Å². The van der Waals surface area contributed by atoms with E-state index < -0.39 is 28.9 Å². The Morgan fingerprint density at radius 1 is 1.08 bits per heavy atom. The zero-order valence-electron chi connectivity index (χ0n) is 13.7.